The molecule has 2 nitrogen and oxygen atoms in total. The molecule has 0 aromatic heterocycles. The van der Waals surface area contributed by atoms with E-state index < -0.39 is 0 Å². The number of fused-ring (bicyclic) bond motifs is 1. The van der Waals surface area contributed by atoms with Crippen molar-refractivity contribution in [1.82, 2.24) is 5.32 Å². The van der Waals surface area contributed by atoms with Crippen molar-refractivity contribution in [2.45, 2.75) is 18.9 Å². The number of nitriles is 1. The van der Waals surface area contributed by atoms with Gasteiger partial charge in [-0.15, -0.1) is 0 Å². The Balaban J connectivity index is 2.50. The van der Waals surface area contributed by atoms with Crippen LogP contribution in [-0.2, 0) is 6.42 Å². The van der Waals surface area contributed by atoms with Gasteiger partial charge in [-0.25, -0.2) is 0 Å². The molecule has 0 heterocycles. The summed E-state index contributed by atoms with van der Waals surface area (Å²) in [5.74, 6) is 0. The monoisotopic (exact) mass is 172 g/mol. The van der Waals surface area contributed by atoms with E-state index in [4.69, 9.17) is 5.26 Å². The normalized spacial score (nSPS) is 19.5. The second-order valence-electron chi connectivity index (χ2n) is 3.37. The van der Waals surface area contributed by atoms with Crippen LogP contribution in [0.5, 0.6) is 0 Å². The van der Waals surface area contributed by atoms with Gasteiger partial charge in [-0.1, -0.05) is 12.1 Å². The lowest BCUT2D eigenvalue weighted by molar-refractivity contribution is 0.590. The van der Waals surface area contributed by atoms with E-state index in [-0.39, 0.29) is 0 Å². The molecule has 13 heavy (non-hydrogen) atoms. The van der Waals surface area contributed by atoms with Gasteiger partial charge in [0.25, 0.3) is 0 Å². The Morgan fingerprint density at radius 3 is 3.08 bits per heavy atom. The third-order valence-electron chi connectivity index (χ3n) is 2.74. The molecule has 1 aliphatic rings. The molecule has 1 unspecified atom stereocenters. The Labute approximate surface area is 78.2 Å². The van der Waals surface area contributed by atoms with Crippen LogP contribution < -0.4 is 5.32 Å². The summed E-state index contributed by atoms with van der Waals surface area (Å²) in [7, 11) is 1.97. The van der Waals surface area contributed by atoms with Crippen LogP contribution in [0.2, 0.25) is 0 Å². The van der Waals surface area contributed by atoms with E-state index in [9.17, 15) is 0 Å². The van der Waals surface area contributed by atoms with Crippen molar-refractivity contribution < 1.29 is 0 Å². The Hall–Kier alpha value is -1.33. The van der Waals surface area contributed by atoms with Crippen molar-refractivity contribution in [3.8, 4) is 6.07 Å². The summed E-state index contributed by atoms with van der Waals surface area (Å²) >= 11 is 0. The third-order valence-corrected chi connectivity index (χ3v) is 2.74. The van der Waals surface area contributed by atoms with Gasteiger partial charge in [0.1, 0.15) is 0 Å². The molecular formula is C11H12N2. The summed E-state index contributed by atoms with van der Waals surface area (Å²) in [6, 6.07) is 8.67. The van der Waals surface area contributed by atoms with Gasteiger partial charge in [-0.05, 0) is 37.1 Å². The van der Waals surface area contributed by atoms with Crippen molar-refractivity contribution in [3.63, 3.8) is 0 Å². The van der Waals surface area contributed by atoms with Crippen molar-refractivity contribution in [2.75, 3.05) is 7.05 Å². The van der Waals surface area contributed by atoms with Gasteiger partial charge in [0, 0.05) is 6.04 Å². The second kappa shape index (κ2) is 3.20. The van der Waals surface area contributed by atoms with Gasteiger partial charge in [-0.2, -0.15) is 5.26 Å². The van der Waals surface area contributed by atoms with Crippen LogP contribution >= 0.6 is 0 Å². The molecular weight excluding hydrogens is 160 g/mol. The Kier molecular flexibility index (Phi) is 2.03. The first-order valence-electron chi connectivity index (χ1n) is 4.56. The highest BCUT2D eigenvalue weighted by Gasteiger charge is 2.22. The average molecular weight is 172 g/mol. The zero-order valence-corrected chi connectivity index (χ0v) is 7.67. The van der Waals surface area contributed by atoms with Crippen LogP contribution in [0.15, 0.2) is 18.2 Å². The van der Waals surface area contributed by atoms with Crippen molar-refractivity contribution in [2.24, 2.45) is 0 Å². The zero-order chi connectivity index (χ0) is 9.26. The lowest BCUT2D eigenvalue weighted by Crippen LogP contribution is -2.12. The van der Waals surface area contributed by atoms with Crippen molar-refractivity contribution in [3.05, 3.63) is 34.9 Å². The molecule has 1 aromatic carbocycles. The van der Waals surface area contributed by atoms with Crippen LogP contribution in [-0.4, -0.2) is 7.05 Å². The second-order valence-corrected chi connectivity index (χ2v) is 3.37. The van der Waals surface area contributed by atoms with Crippen LogP contribution in [0, 0.1) is 11.3 Å². The predicted octanol–water partition coefficient (Wildman–Crippen LogP) is 1.76. The standard InChI is InChI=1S/C11H12N2/c1-13-11-6-5-9-8(7-12)3-2-4-10(9)11/h2-4,11,13H,5-6H2,1H3. The van der Waals surface area contributed by atoms with Crippen LogP contribution in [0.4, 0.5) is 0 Å². The summed E-state index contributed by atoms with van der Waals surface area (Å²) < 4.78 is 0. The maximum absolute atomic E-state index is 8.89. The number of nitrogens with one attached hydrogen (secondary N) is 1. The molecule has 1 aliphatic carbocycles. The average Bonchev–Trinajstić information content (AvgIpc) is 2.60. The Bertz CT molecular complexity index is 363. The van der Waals surface area contributed by atoms with Crippen molar-refractivity contribution in [1.29, 1.82) is 5.26 Å². The molecule has 0 bridgehead atoms. The molecule has 0 aliphatic heterocycles. The molecule has 0 saturated carbocycles. The molecule has 0 saturated heterocycles. The predicted molar refractivity (Wildman–Crippen MR) is 51.3 cm³/mol. The van der Waals surface area contributed by atoms with E-state index in [2.05, 4.69) is 17.5 Å². The fourth-order valence-electron chi connectivity index (χ4n) is 2.06. The maximum Gasteiger partial charge on any atom is 0.0994 e. The van der Waals surface area contributed by atoms with Gasteiger partial charge in [-0.3, -0.25) is 0 Å². The molecule has 1 N–H and O–H groups in total. The SMILES string of the molecule is CNC1CCc2c(C#N)cccc21. The van der Waals surface area contributed by atoms with E-state index in [0.717, 1.165) is 18.4 Å². The number of hydrogen-bond donors (Lipinski definition) is 1. The summed E-state index contributed by atoms with van der Waals surface area (Å²) in [6.07, 6.45) is 2.15. The molecule has 0 fully saturated rings. The van der Waals surface area contributed by atoms with E-state index in [0.29, 0.717) is 6.04 Å². The number of rotatable bonds is 1. The first-order chi connectivity index (χ1) is 6.36. The van der Waals surface area contributed by atoms with Gasteiger partial charge in [0.15, 0.2) is 0 Å². The Morgan fingerprint density at radius 2 is 2.38 bits per heavy atom. The smallest absolute Gasteiger partial charge is 0.0994 e. The summed E-state index contributed by atoms with van der Waals surface area (Å²) in [5, 5.41) is 12.2. The highest BCUT2D eigenvalue weighted by molar-refractivity contribution is 5.46. The van der Waals surface area contributed by atoms with Gasteiger partial charge in [0.2, 0.25) is 0 Å². The van der Waals surface area contributed by atoms with Crippen LogP contribution in [0.1, 0.15) is 29.2 Å². The molecule has 66 valence electrons. The van der Waals surface area contributed by atoms with Crippen LogP contribution in [0.3, 0.4) is 0 Å². The lowest BCUT2D eigenvalue weighted by Gasteiger charge is -2.09. The molecule has 1 aromatic rings. The summed E-state index contributed by atoms with van der Waals surface area (Å²) in [5.41, 5.74) is 3.39. The Morgan fingerprint density at radius 1 is 1.54 bits per heavy atom. The van der Waals surface area contributed by atoms with Crippen molar-refractivity contribution >= 4 is 0 Å². The molecule has 0 amide bonds. The largest absolute Gasteiger partial charge is 0.313 e. The first-order valence-corrected chi connectivity index (χ1v) is 4.56. The van der Waals surface area contributed by atoms with Gasteiger partial charge < -0.3 is 5.32 Å². The van der Waals surface area contributed by atoms with E-state index in [1.807, 2.05) is 19.2 Å². The lowest BCUT2D eigenvalue weighted by atomic mass is 10.0. The summed E-state index contributed by atoms with van der Waals surface area (Å²) in [4.78, 5) is 0. The molecule has 0 spiro atoms. The highest BCUT2D eigenvalue weighted by atomic mass is 14.9. The van der Waals surface area contributed by atoms with E-state index in [1.54, 1.807) is 0 Å². The van der Waals surface area contributed by atoms with E-state index in [1.165, 1.54) is 11.1 Å². The molecule has 0 radical (unpaired) electrons. The maximum atomic E-state index is 8.89. The van der Waals surface area contributed by atoms with Crippen LogP contribution in [0.25, 0.3) is 0 Å². The highest BCUT2D eigenvalue weighted by Crippen LogP contribution is 2.32. The summed E-state index contributed by atoms with van der Waals surface area (Å²) in [6.45, 7) is 0. The fraction of sp³-hybridized carbons (Fsp3) is 0.364. The minimum absolute atomic E-state index is 0.447. The minimum atomic E-state index is 0.447. The minimum Gasteiger partial charge on any atom is -0.313 e. The van der Waals surface area contributed by atoms with Gasteiger partial charge >= 0.3 is 0 Å². The number of hydrogen-bond acceptors (Lipinski definition) is 2. The number of nitrogens with zero attached hydrogens (tertiary/aromatic N) is 1. The zero-order valence-electron chi connectivity index (χ0n) is 7.67. The van der Waals surface area contributed by atoms with E-state index >= 15 is 0 Å². The van der Waals surface area contributed by atoms with Gasteiger partial charge in [0.05, 0.1) is 11.6 Å². The fourth-order valence-corrected chi connectivity index (χ4v) is 2.06. The number of benzene rings is 1. The molecule has 2 heteroatoms. The first kappa shape index (κ1) is 8.28. The molecule has 1 atom stereocenters. The quantitative estimate of drug-likeness (QED) is 0.700. The molecule has 2 rings (SSSR count). The third kappa shape index (κ3) is 1.22. The topological polar surface area (TPSA) is 35.8 Å².